The molecule has 1 rings (SSSR count). The molecule has 6 heteroatoms. The lowest BCUT2D eigenvalue weighted by atomic mass is 10.1. The van der Waals surface area contributed by atoms with Crippen LogP contribution in [0.1, 0.15) is 24.0 Å². The first-order chi connectivity index (χ1) is 9.44. The third-order valence-corrected chi connectivity index (χ3v) is 4.58. The number of aryl methyl sites for hydroxylation is 1. The van der Waals surface area contributed by atoms with E-state index in [0.717, 1.165) is 24.1 Å². The standard InChI is InChI=1S/C14H23FN2O2S/c1-12-11-14(15)6-5-13(12)7-9-17-20(18,19)10-4-3-8-16-2/h5-6,11,16-17H,3-4,7-10H2,1-2H3. The molecule has 0 atom stereocenters. The molecule has 0 aromatic heterocycles. The van der Waals surface area contributed by atoms with E-state index in [1.165, 1.54) is 12.1 Å². The zero-order chi connectivity index (χ0) is 15.0. The van der Waals surface area contributed by atoms with Crippen LogP contribution in [0.25, 0.3) is 0 Å². The second-order valence-corrected chi connectivity index (χ2v) is 6.77. The van der Waals surface area contributed by atoms with Gasteiger partial charge in [-0.2, -0.15) is 0 Å². The fourth-order valence-corrected chi connectivity index (χ4v) is 3.09. The van der Waals surface area contributed by atoms with Crippen LogP contribution < -0.4 is 10.0 Å². The minimum atomic E-state index is -3.21. The van der Waals surface area contributed by atoms with Crippen LogP contribution >= 0.6 is 0 Å². The second-order valence-electron chi connectivity index (χ2n) is 4.84. The topological polar surface area (TPSA) is 58.2 Å². The number of hydrogen-bond donors (Lipinski definition) is 2. The summed E-state index contributed by atoms with van der Waals surface area (Å²) in [6.07, 6.45) is 2.06. The largest absolute Gasteiger partial charge is 0.320 e. The Labute approximate surface area is 120 Å². The zero-order valence-electron chi connectivity index (χ0n) is 12.1. The highest BCUT2D eigenvalue weighted by Gasteiger charge is 2.09. The van der Waals surface area contributed by atoms with Crippen LogP contribution in [-0.4, -0.2) is 34.3 Å². The van der Waals surface area contributed by atoms with Crippen molar-refractivity contribution in [2.45, 2.75) is 26.2 Å². The van der Waals surface area contributed by atoms with Gasteiger partial charge in [-0.25, -0.2) is 17.5 Å². The summed E-state index contributed by atoms with van der Waals surface area (Å²) in [4.78, 5) is 0. The predicted octanol–water partition coefficient (Wildman–Crippen LogP) is 1.60. The molecule has 0 aliphatic carbocycles. The van der Waals surface area contributed by atoms with Crippen molar-refractivity contribution in [1.29, 1.82) is 0 Å². The average molecular weight is 302 g/mol. The van der Waals surface area contributed by atoms with E-state index in [-0.39, 0.29) is 11.6 Å². The molecular weight excluding hydrogens is 279 g/mol. The SMILES string of the molecule is CNCCCCS(=O)(=O)NCCc1ccc(F)cc1C. The van der Waals surface area contributed by atoms with E-state index in [0.29, 0.717) is 19.4 Å². The number of rotatable bonds is 9. The van der Waals surface area contributed by atoms with Gasteiger partial charge in [0.25, 0.3) is 0 Å². The molecule has 1 aromatic rings. The summed E-state index contributed by atoms with van der Waals surface area (Å²) in [5.41, 5.74) is 1.81. The van der Waals surface area contributed by atoms with Gasteiger partial charge in [0.15, 0.2) is 0 Å². The molecule has 0 unspecified atom stereocenters. The van der Waals surface area contributed by atoms with Gasteiger partial charge in [-0.05, 0) is 63.0 Å². The summed E-state index contributed by atoms with van der Waals surface area (Å²) in [5, 5.41) is 2.98. The fraction of sp³-hybridized carbons (Fsp3) is 0.571. The van der Waals surface area contributed by atoms with Crippen molar-refractivity contribution in [3.63, 3.8) is 0 Å². The molecule has 0 radical (unpaired) electrons. The van der Waals surface area contributed by atoms with Gasteiger partial charge >= 0.3 is 0 Å². The predicted molar refractivity (Wildman–Crippen MR) is 79.8 cm³/mol. The molecular formula is C14H23FN2O2S. The van der Waals surface area contributed by atoms with Crippen molar-refractivity contribution in [2.75, 3.05) is 25.9 Å². The minimum absolute atomic E-state index is 0.150. The lowest BCUT2D eigenvalue weighted by Gasteiger charge is -2.08. The smallest absolute Gasteiger partial charge is 0.211 e. The summed E-state index contributed by atoms with van der Waals surface area (Å²) in [5.74, 6) is -0.117. The first-order valence-electron chi connectivity index (χ1n) is 6.81. The van der Waals surface area contributed by atoms with Gasteiger partial charge in [0.2, 0.25) is 10.0 Å². The molecule has 20 heavy (non-hydrogen) atoms. The maximum absolute atomic E-state index is 12.9. The molecule has 4 nitrogen and oxygen atoms in total. The van der Waals surface area contributed by atoms with Crippen LogP contribution in [0.3, 0.4) is 0 Å². The summed E-state index contributed by atoms with van der Waals surface area (Å²) in [6.45, 7) is 3.00. The molecule has 1 aromatic carbocycles. The third kappa shape index (κ3) is 6.45. The van der Waals surface area contributed by atoms with E-state index < -0.39 is 10.0 Å². The highest BCUT2D eigenvalue weighted by molar-refractivity contribution is 7.89. The van der Waals surface area contributed by atoms with E-state index in [9.17, 15) is 12.8 Å². The molecule has 0 amide bonds. The van der Waals surface area contributed by atoms with Gasteiger partial charge in [-0.3, -0.25) is 0 Å². The van der Waals surface area contributed by atoms with Gasteiger partial charge in [-0.15, -0.1) is 0 Å². The number of unbranched alkanes of at least 4 members (excludes halogenated alkanes) is 1. The van der Waals surface area contributed by atoms with Crippen molar-refractivity contribution in [1.82, 2.24) is 10.0 Å². The molecule has 0 aliphatic rings. The Balaban J connectivity index is 2.35. The maximum atomic E-state index is 12.9. The Bertz CT molecular complexity index is 518. The monoisotopic (exact) mass is 302 g/mol. The molecule has 2 N–H and O–H groups in total. The van der Waals surface area contributed by atoms with Crippen molar-refractivity contribution in [2.24, 2.45) is 0 Å². The Hall–Kier alpha value is -0.980. The normalized spacial score (nSPS) is 11.8. The van der Waals surface area contributed by atoms with Crippen molar-refractivity contribution in [3.8, 4) is 0 Å². The lowest BCUT2D eigenvalue weighted by molar-refractivity contribution is 0.575. The number of sulfonamides is 1. The first-order valence-corrected chi connectivity index (χ1v) is 8.47. The van der Waals surface area contributed by atoms with Crippen LogP contribution in [0, 0.1) is 12.7 Å². The number of nitrogens with one attached hydrogen (secondary N) is 2. The van der Waals surface area contributed by atoms with E-state index >= 15 is 0 Å². The van der Waals surface area contributed by atoms with Crippen LogP contribution in [0.15, 0.2) is 18.2 Å². The quantitative estimate of drug-likeness (QED) is 0.681. The minimum Gasteiger partial charge on any atom is -0.320 e. The highest BCUT2D eigenvalue weighted by Crippen LogP contribution is 2.10. The average Bonchev–Trinajstić information content (AvgIpc) is 2.37. The highest BCUT2D eigenvalue weighted by atomic mass is 32.2. The Morgan fingerprint density at radius 1 is 1.20 bits per heavy atom. The van der Waals surface area contributed by atoms with Crippen LogP contribution in [-0.2, 0) is 16.4 Å². The van der Waals surface area contributed by atoms with E-state index in [4.69, 9.17) is 0 Å². The van der Waals surface area contributed by atoms with E-state index in [2.05, 4.69) is 10.0 Å². The Kier molecular flexibility index (Phi) is 7.12. The lowest BCUT2D eigenvalue weighted by Crippen LogP contribution is -2.28. The summed E-state index contributed by atoms with van der Waals surface area (Å²) >= 11 is 0. The molecule has 0 aliphatic heterocycles. The van der Waals surface area contributed by atoms with Crippen molar-refractivity contribution < 1.29 is 12.8 Å². The molecule has 0 spiro atoms. The summed E-state index contributed by atoms with van der Waals surface area (Å²) < 4.78 is 39.0. The third-order valence-electron chi connectivity index (χ3n) is 3.11. The molecule has 0 fully saturated rings. The number of hydrogen-bond acceptors (Lipinski definition) is 3. The summed E-state index contributed by atoms with van der Waals surface area (Å²) in [7, 11) is -1.36. The molecule has 114 valence electrons. The zero-order valence-corrected chi connectivity index (χ0v) is 12.9. The Morgan fingerprint density at radius 2 is 1.95 bits per heavy atom. The molecule has 0 bridgehead atoms. The van der Waals surface area contributed by atoms with Gasteiger partial charge in [0.1, 0.15) is 5.82 Å². The van der Waals surface area contributed by atoms with Gasteiger partial charge in [-0.1, -0.05) is 6.07 Å². The van der Waals surface area contributed by atoms with Crippen molar-refractivity contribution in [3.05, 3.63) is 35.1 Å². The fourth-order valence-electron chi connectivity index (χ4n) is 1.95. The van der Waals surface area contributed by atoms with Gasteiger partial charge in [0, 0.05) is 6.54 Å². The number of benzene rings is 1. The summed E-state index contributed by atoms with van der Waals surface area (Å²) in [6, 6.07) is 4.56. The second kappa shape index (κ2) is 8.34. The molecule has 0 saturated carbocycles. The van der Waals surface area contributed by atoms with Gasteiger partial charge < -0.3 is 5.32 Å². The van der Waals surface area contributed by atoms with Crippen LogP contribution in [0.5, 0.6) is 0 Å². The van der Waals surface area contributed by atoms with Gasteiger partial charge in [0.05, 0.1) is 5.75 Å². The maximum Gasteiger partial charge on any atom is 0.211 e. The number of halogens is 1. The van der Waals surface area contributed by atoms with E-state index in [1.54, 1.807) is 6.07 Å². The van der Waals surface area contributed by atoms with Crippen molar-refractivity contribution >= 4 is 10.0 Å². The first kappa shape index (κ1) is 17.1. The van der Waals surface area contributed by atoms with Crippen LogP contribution in [0.2, 0.25) is 0 Å². The van der Waals surface area contributed by atoms with E-state index in [1.807, 2.05) is 14.0 Å². The molecule has 0 heterocycles. The molecule has 0 saturated heterocycles. The van der Waals surface area contributed by atoms with Crippen LogP contribution in [0.4, 0.5) is 4.39 Å². The Morgan fingerprint density at radius 3 is 2.60 bits per heavy atom.